The Labute approximate surface area is 92.4 Å². The number of thiol groups is 1. The van der Waals surface area contributed by atoms with E-state index in [1.54, 1.807) is 0 Å². The second-order valence-corrected chi connectivity index (χ2v) is 4.41. The van der Waals surface area contributed by atoms with E-state index >= 15 is 0 Å². The van der Waals surface area contributed by atoms with Gasteiger partial charge in [-0.1, -0.05) is 6.92 Å². The number of hydrogen-bond donors (Lipinski definition) is 2. The fourth-order valence-electron chi connectivity index (χ4n) is 1.97. The zero-order valence-electron chi connectivity index (χ0n) is 9.16. The Balaban J connectivity index is 2.66. The highest BCUT2D eigenvalue weighted by atomic mass is 32.1. The zero-order chi connectivity index (χ0) is 10.6. The van der Waals surface area contributed by atoms with E-state index in [-0.39, 0.29) is 0 Å². The van der Waals surface area contributed by atoms with E-state index in [0.29, 0.717) is 11.9 Å². The van der Waals surface area contributed by atoms with Crippen LogP contribution in [-0.4, -0.2) is 28.3 Å². The van der Waals surface area contributed by atoms with Crippen LogP contribution in [0, 0.1) is 0 Å². The molecule has 1 aliphatic heterocycles. The molecule has 0 aromatic carbocycles. The van der Waals surface area contributed by atoms with Crippen molar-refractivity contribution in [1.82, 2.24) is 4.90 Å². The van der Waals surface area contributed by atoms with E-state index in [4.69, 9.17) is 0 Å². The minimum atomic E-state index is 0.508. The van der Waals surface area contributed by atoms with E-state index in [2.05, 4.69) is 24.5 Å². The van der Waals surface area contributed by atoms with Gasteiger partial charge in [0.05, 0.1) is 0 Å². The van der Waals surface area contributed by atoms with Gasteiger partial charge in [-0.2, -0.15) is 12.6 Å². The van der Waals surface area contributed by atoms with Crippen molar-refractivity contribution in [2.75, 3.05) is 12.3 Å². The van der Waals surface area contributed by atoms with E-state index in [1.165, 1.54) is 12.8 Å². The first-order valence-electron chi connectivity index (χ1n) is 5.47. The second-order valence-electron chi connectivity index (χ2n) is 3.96. The Morgan fingerprint density at radius 3 is 2.86 bits per heavy atom. The van der Waals surface area contributed by atoms with Gasteiger partial charge in [0.1, 0.15) is 0 Å². The van der Waals surface area contributed by atoms with Crippen molar-refractivity contribution in [2.24, 2.45) is 0 Å². The number of hydrogen-bond acceptors (Lipinski definition) is 3. The van der Waals surface area contributed by atoms with Crippen molar-refractivity contribution in [2.45, 2.75) is 45.6 Å². The first-order valence-corrected chi connectivity index (χ1v) is 6.10. The third-order valence-electron chi connectivity index (χ3n) is 3.02. The quantitative estimate of drug-likeness (QED) is 0.556. The highest BCUT2D eigenvalue weighted by Crippen LogP contribution is 2.25. The molecule has 14 heavy (non-hydrogen) atoms. The van der Waals surface area contributed by atoms with Crippen LogP contribution >= 0.6 is 12.6 Å². The summed E-state index contributed by atoms with van der Waals surface area (Å²) in [6, 6.07) is 0.508. The van der Waals surface area contributed by atoms with Crippen LogP contribution in [0.15, 0.2) is 11.5 Å². The molecule has 0 aromatic heterocycles. The summed E-state index contributed by atoms with van der Waals surface area (Å²) >= 11 is 4.26. The van der Waals surface area contributed by atoms with Gasteiger partial charge in [-0.15, -0.1) is 0 Å². The first kappa shape index (κ1) is 11.8. The average Bonchev–Trinajstić information content (AvgIpc) is 2.64. The van der Waals surface area contributed by atoms with Gasteiger partial charge in [-0.25, -0.2) is 0 Å². The van der Waals surface area contributed by atoms with Crippen molar-refractivity contribution in [1.29, 1.82) is 0 Å². The number of nitrogens with zero attached hydrogens (tertiary/aromatic N) is 1. The standard InChI is InChI=1S/C11H21NOS/c1-3-9(2)11(13)12-7-4-5-10(12)6-8-14/h10,13-14H,3-8H2,1-2H3/b11-9-/t10-/m0/s1. The predicted octanol–water partition coefficient (Wildman–Crippen LogP) is 2.97. The van der Waals surface area contributed by atoms with Gasteiger partial charge in [0.15, 0.2) is 5.88 Å². The Kier molecular flexibility index (Phi) is 4.66. The molecule has 1 rings (SSSR count). The molecule has 0 unspecified atom stereocenters. The summed E-state index contributed by atoms with van der Waals surface area (Å²) in [5.41, 5.74) is 1.09. The lowest BCUT2D eigenvalue weighted by molar-refractivity contribution is 0.180. The number of allylic oxidation sites excluding steroid dienone is 1. The zero-order valence-corrected chi connectivity index (χ0v) is 10.1. The molecule has 1 saturated heterocycles. The van der Waals surface area contributed by atoms with Crippen LogP contribution in [0.4, 0.5) is 0 Å². The molecule has 0 spiro atoms. The highest BCUT2D eigenvalue weighted by Gasteiger charge is 2.25. The van der Waals surface area contributed by atoms with Crippen LogP contribution in [0.25, 0.3) is 0 Å². The summed E-state index contributed by atoms with van der Waals surface area (Å²) in [5, 5.41) is 10.00. The van der Waals surface area contributed by atoms with Crippen molar-refractivity contribution < 1.29 is 5.11 Å². The second kappa shape index (κ2) is 5.54. The molecule has 0 radical (unpaired) electrons. The van der Waals surface area contributed by atoms with Gasteiger partial charge in [0.25, 0.3) is 0 Å². The molecule has 1 atom stereocenters. The van der Waals surface area contributed by atoms with Gasteiger partial charge in [-0.3, -0.25) is 0 Å². The minimum Gasteiger partial charge on any atom is -0.495 e. The lowest BCUT2D eigenvalue weighted by Crippen LogP contribution is -2.29. The molecule has 2 nitrogen and oxygen atoms in total. The molecule has 0 bridgehead atoms. The summed E-state index contributed by atoms with van der Waals surface area (Å²) in [6.45, 7) is 5.09. The predicted molar refractivity (Wildman–Crippen MR) is 63.8 cm³/mol. The van der Waals surface area contributed by atoms with E-state index in [0.717, 1.165) is 30.7 Å². The van der Waals surface area contributed by atoms with Crippen LogP contribution in [0.2, 0.25) is 0 Å². The maximum absolute atomic E-state index is 10.00. The number of aliphatic hydroxyl groups excluding tert-OH is 1. The third-order valence-corrected chi connectivity index (χ3v) is 3.28. The number of aliphatic hydroxyl groups is 1. The normalized spacial score (nSPS) is 23.9. The first-order chi connectivity index (χ1) is 6.70. The van der Waals surface area contributed by atoms with Crippen LogP contribution in [0.5, 0.6) is 0 Å². The van der Waals surface area contributed by atoms with Crippen LogP contribution in [0.3, 0.4) is 0 Å². The topological polar surface area (TPSA) is 23.5 Å². The number of likely N-dealkylation sites (tertiary alicyclic amines) is 1. The molecule has 0 saturated carbocycles. The summed E-state index contributed by atoms with van der Waals surface area (Å²) in [5.74, 6) is 1.41. The van der Waals surface area contributed by atoms with Crippen molar-refractivity contribution in [3.63, 3.8) is 0 Å². The minimum absolute atomic E-state index is 0.508. The molecule has 3 heteroatoms. The van der Waals surface area contributed by atoms with Gasteiger partial charge in [0, 0.05) is 12.6 Å². The summed E-state index contributed by atoms with van der Waals surface area (Å²) in [6.07, 6.45) is 4.39. The maximum atomic E-state index is 10.00. The molecule has 1 fully saturated rings. The highest BCUT2D eigenvalue weighted by molar-refractivity contribution is 7.80. The Bertz CT molecular complexity index is 215. The molecule has 82 valence electrons. The lowest BCUT2D eigenvalue weighted by atomic mass is 10.1. The molecule has 0 aromatic rings. The van der Waals surface area contributed by atoms with Crippen molar-refractivity contribution in [3.05, 3.63) is 11.5 Å². The monoisotopic (exact) mass is 215 g/mol. The van der Waals surface area contributed by atoms with Gasteiger partial charge >= 0.3 is 0 Å². The molecule has 0 aliphatic carbocycles. The Morgan fingerprint density at radius 1 is 1.57 bits per heavy atom. The summed E-state index contributed by atoms with van der Waals surface area (Å²) < 4.78 is 0. The SMILES string of the molecule is CC/C(C)=C(\O)N1CCC[C@H]1CCS. The fourth-order valence-corrected chi connectivity index (χ4v) is 2.27. The molecule has 1 heterocycles. The molecular weight excluding hydrogens is 194 g/mol. The van der Waals surface area contributed by atoms with E-state index < -0.39 is 0 Å². The van der Waals surface area contributed by atoms with Crippen molar-refractivity contribution in [3.8, 4) is 0 Å². The summed E-state index contributed by atoms with van der Waals surface area (Å²) in [7, 11) is 0. The fraction of sp³-hybridized carbons (Fsp3) is 0.818. The molecular formula is C11H21NOS. The van der Waals surface area contributed by atoms with Gasteiger partial charge in [0.2, 0.25) is 0 Å². The van der Waals surface area contributed by atoms with Crippen molar-refractivity contribution >= 4 is 12.6 Å². The largest absolute Gasteiger partial charge is 0.495 e. The van der Waals surface area contributed by atoms with Crippen LogP contribution in [-0.2, 0) is 0 Å². The lowest BCUT2D eigenvalue weighted by Gasteiger charge is -2.26. The maximum Gasteiger partial charge on any atom is 0.185 e. The Hall–Kier alpha value is -0.310. The van der Waals surface area contributed by atoms with Crippen LogP contribution in [0.1, 0.15) is 39.5 Å². The molecule has 1 N–H and O–H groups in total. The average molecular weight is 215 g/mol. The van der Waals surface area contributed by atoms with Crippen LogP contribution < -0.4 is 0 Å². The van der Waals surface area contributed by atoms with E-state index in [1.807, 2.05) is 6.92 Å². The van der Waals surface area contributed by atoms with Gasteiger partial charge < -0.3 is 10.0 Å². The molecule has 0 amide bonds. The Morgan fingerprint density at radius 2 is 2.29 bits per heavy atom. The molecule has 1 aliphatic rings. The third kappa shape index (κ3) is 2.59. The van der Waals surface area contributed by atoms with E-state index in [9.17, 15) is 5.11 Å². The smallest absolute Gasteiger partial charge is 0.185 e. The summed E-state index contributed by atoms with van der Waals surface area (Å²) in [4.78, 5) is 2.15. The number of rotatable bonds is 4. The van der Waals surface area contributed by atoms with Gasteiger partial charge in [-0.05, 0) is 43.9 Å².